The summed E-state index contributed by atoms with van der Waals surface area (Å²) >= 11 is 0. The van der Waals surface area contributed by atoms with E-state index in [0.717, 1.165) is 9.79 Å². The quantitative estimate of drug-likeness (QED) is 0.153. The fraction of sp³-hybridized carbons (Fsp3) is 0.0769. The van der Waals surface area contributed by atoms with Gasteiger partial charge in [0, 0.05) is 0 Å². The molecule has 0 spiro atoms. The van der Waals surface area contributed by atoms with Crippen LogP contribution in [0.2, 0.25) is 0 Å². The van der Waals surface area contributed by atoms with Crippen LogP contribution in [0, 0.1) is 0 Å². The van der Waals surface area contributed by atoms with Gasteiger partial charge in [0.05, 0.1) is 21.3 Å². The van der Waals surface area contributed by atoms with Gasteiger partial charge in [0.2, 0.25) is 19.7 Å². The molecule has 0 unspecified atom stereocenters. The Balaban J connectivity index is 0.990. The van der Waals surface area contributed by atoms with Gasteiger partial charge in [0.1, 0.15) is 41.4 Å². The van der Waals surface area contributed by atoms with Crippen LogP contribution >= 0.6 is 0 Å². The summed E-state index contributed by atoms with van der Waals surface area (Å²) in [7, 11) is -16.7. The Labute approximate surface area is 314 Å². The first-order valence-corrected chi connectivity index (χ1v) is 25.0. The molecule has 14 heteroatoms. The summed E-state index contributed by atoms with van der Waals surface area (Å²) < 4.78 is 107. The summed E-state index contributed by atoms with van der Waals surface area (Å²) in [6.07, 6.45) is -0.125. The number of sulfone groups is 4. The Hall–Kier alpha value is -4.18. The third kappa shape index (κ3) is 6.15. The Morgan fingerprint density at radius 2 is 0.642 bits per heavy atom. The van der Waals surface area contributed by atoms with E-state index >= 15 is 0 Å². The molecule has 268 valence electrons. The van der Waals surface area contributed by atoms with E-state index < -0.39 is 61.1 Å². The van der Waals surface area contributed by atoms with Crippen molar-refractivity contribution in [1.82, 2.24) is 0 Å². The molecule has 0 amide bonds. The van der Waals surface area contributed by atoms with Crippen molar-refractivity contribution in [1.29, 1.82) is 0 Å². The summed E-state index contributed by atoms with van der Waals surface area (Å²) in [5.74, 6) is -0.768. The Bertz CT molecular complexity index is 2570. The average molecular weight is 819 g/mol. The molecule has 0 N–H and O–H groups in total. The summed E-state index contributed by atoms with van der Waals surface area (Å²) in [5, 5.41) is 0. The van der Waals surface area contributed by atoms with Gasteiger partial charge in [0.25, 0.3) is 0 Å². The van der Waals surface area contributed by atoms with Gasteiger partial charge in [-0.15, -0.1) is 0 Å². The second kappa shape index (κ2) is 13.3. The maximum absolute atomic E-state index is 13.4. The minimum atomic E-state index is -3.84. The first-order chi connectivity index (χ1) is 25.3. The molecule has 2 aliphatic heterocycles. The summed E-state index contributed by atoms with van der Waals surface area (Å²) in [6, 6.07) is 40.1. The number of fused-ring (bicyclic) bond motifs is 4. The van der Waals surface area contributed by atoms with Gasteiger partial charge >= 0.3 is 0 Å². The molecule has 8 nitrogen and oxygen atoms in total. The molecule has 6 aromatic carbocycles. The second-order valence-electron chi connectivity index (χ2n) is 12.3. The summed E-state index contributed by atoms with van der Waals surface area (Å²) in [6.45, 7) is 0. The monoisotopic (exact) mass is 818 g/mol. The van der Waals surface area contributed by atoms with Crippen LogP contribution in [0.5, 0.6) is 0 Å². The first-order valence-electron chi connectivity index (χ1n) is 16.3. The van der Waals surface area contributed by atoms with Gasteiger partial charge in [-0.3, -0.25) is 0 Å². The molecule has 0 fully saturated rings. The van der Waals surface area contributed by atoms with Crippen molar-refractivity contribution in [2.75, 3.05) is 11.5 Å². The molecule has 0 atom stereocenters. The van der Waals surface area contributed by atoms with E-state index in [1.807, 2.05) is 0 Å². The van der Waals surface area contributed by atoms with E-state index in [1.165, 1.54) is 24.3 Å². The number of rotatable bonds is 8. The maximum atomic E-state index is 13.4. The lowest BCUT2D eigenvalue weighted by molar-refractivity contribution is 0.587. The van der Waals surface area contributed by atoms with Crippen LogP contribution in [0.4, 0.5) is 0 Å². The van der Waals surface area contributed by atoms with Crippen molar-refractivity contribution < 1.29 is 33.7 Å². The molecular formula is C39H30O8S6+2. The van der Waals surface area contributed by atoms with Crippen LogP contribution in [0.1, 0.15) is 6.42 Å². The van der Waals surface area contributed by atoms with E-state index in [2.05, 4.69) is 0 Å². The molecule has 53 heavy (non-hydrogen) atoms. The number of hydrogen-bond acceptors (Lipinski definition) is 8. The minimum absolute atomic E-state index is 0.0499. The van der Waals surface area contributed by atoms with Crippen molar-refractivity contribution in [3.8, 4) is 0 Å². The van der Waals surface area contributed by atoms with Gasteiger partial charge < -0.3 is 0 Å². The molecule has 0 aromatic heterocycles. The predicted octanol–water partition coefficient (Wildman–Crippen LogP) is 6.81. The van der Waals surface area contributed by atoms with Crippen LogP contribution in [-0.2, 0) is 61.1 Å². The van der Waals surface area contributed by atoms with E-state index in [9.17, 15) is 33.7 Å². The van der Waals surface area contributed by atoms with E-state index in [-0.39, 0.29) is 47.3 Å². The van der Waals surface area contributed by atoms with Crippen LogP contribution in [0.25, 0.3) is 0 Å². The Morgan fingerprint density at radius 1 is 0.377 bits per heavy atom. The fourth-order valence-electron chi connectivity index (χ4n) is 6.59. The highest BCUT2D eigenvalue weighted by atomic mass is 32.2. The predicted molar refractivity (Wildman–Crippen MR) is 203 cm³/mol. The molecule has 0 radical (unpaired) electrons. The number of benzene rings is 6. The van der Waals surface area contributed by atoms with E-state index in [4.69, 9.17) is 0 Å². The second-order valence-corrected chi connectivity index (χ2v) is 24.3. The normalized spacial score (nSPS) is 16.2. The zero-order valence-corrected chi connectivity index (χ0v) is 32.6. The van der Waals surface area contributed by atoms with Crippen LogP contribution in [0.3, 0.4) is 0 Å². The lowest BCUT2D eigenvalue weighted by atomic mass is 10.3. The highest BCUT2D eigenvalue weighted by molar-refractivity contribution is 8.01. The molecular weight excluding hydrogens is 789 g/mol. The Morgan fingerprint density at radius 3 is 0.925 bits per heavy atom. The third-order valence-electron chi connectivity index (χ3n) is 9.10. The molecule has 0 bridgehead atoms. The summed E-state index contributed by atoms with van der Waals surface area (Å²) in [4.78, 5) is 5.10. The van der Waals surface area contributed by atoms with Crippen molar-refractivity contribution in [2.24, 2.45) is 0 Å². The largest absolute Gasteiger partial charge is 0.224 e. The minimum Gasteiger partial charge on any atom is -0.224 e. The van der Waals surface area contributed by atoms with Gasteiger partial charge in [-0.2, -0.15) is 0 Å². The topological polar surface area (TPSA) is 137 Å². The van der Waals surface area contributed by atoms with Crippen LogP contribution < -0.4 is 0 Å². The first kappa shape index (κ1) is 35.8. The highest BCUT2D eigenvalue weighted by Gasteiger charge is 2.46. The molecule has 2 aliphatic rings. The number of hydrogen-bond donors (Lipinski definition) is 0. The molecule has 2 heterocycles. The van der Waals surface area contributed by atoms with E-state index in [0.29, 0.717) is 19.6 Å². The van der Waals surface area contributed by atoms with Gasteiger partial charge in [-0.1, -0.05) is 48.5 Å². The molecule has 0 aliphatic carbocycles. The van der Waals surface area contributed by atoms with Gasteiger partial charge in [-0.05, 0) is 103 Å². The van der Waals surface area contributed by atoms with Crippen LogP contribution in [-0.4, -0.2) is 45.2 Å². The molecule has 0 saturated heterocycles. The van der Waals surface area contributed by atoms with Gasteiger partial charge in [0.15, 0.2) is 49.0 Å². The lowest BCUT2D eigenvalue weighted by Gasteiger charge is -2.19. The fourth-order valence-corrected chi connectivity index (χ4v) is 18.8. The van der Waals surface area contributed by atoms with Gasteiger partial charge in [-0.25, -0.2) is 33.7 Å². The van der Waals surface area contributed by atoms with Crippen molar-refractivity contribution in [2.45, 2.75) is 65.2 Å². The summed E-state index contributed by atoms with van der Waals surface area (Å²) in [5.41, 5.74) is 0. The molecule has 8 rings (SSSR count). The van der Waals surface area contributed by atoms with Crippen molar-refractivity contribution in [3.63, 3.8) is 0 Å². The molecule has 6 aromatic rings. The molecule has 0 saturated carbocycles. The van der Waals surface area contributed by atoms with Crippen molar-refractivity contribution >= 4 is 61.1 Å². The van der Waals surface area contributed by atoms with Crippen molar-refractivity contribution in [3.05, 3.63) is 146 Å². The highest BCUT2D eigenvalue weighted by Crippen LogP contribution is 2.46. The average Bonchev–Trinajstić information content (AvgIpc) is 3.15. The third-order valence-corrected chi connectivity index (χ3v) is 21.7. The zero-order chi connectivity index (χ0) is 37.2. The van der Waals surface area contributed by atoms with E-state index in [1.54, 1.807) is 121 Å². The van der Waals surface area contributed by atoms with Crippen LogP contribution in [0.15, 0.2) is 204 Å². The Kier molecular flexibility index (Phi) is 8.98. The standard InChI is InChI=1S/C39H30O8S6/c40-50(41,30-22-18-28(19-23-30)48-32-10-1-5-14-36(32)52(44,45)37-15-6-2-11-33(37)48)26-9-27-51(42,43)31-24-20-29(21-25-31)49-34-12-3-7-16-38(34)53(46,47)39-17-8-4-13-35(39)49/h1-8,10-25H,9,26-27H2/q+2. The lowest BCUT2D eigenvalue weighted by Crippen LogP contribution is -2.20. The SMILES string of the molecule is O=S(=O)(CCCS(=O)(=O)c1ccc([S+]2c3ccccc3S(=O)(=O)c3ccccc32)cc1)c1ccc([S+]2c3ccccc3S(=O)(=O)c3ccccc32)cc1. The smallest absolute Gasteiger partial charge is 0.216 e. The maximum Gasteiger partial charge on any atom is 0.216 e. The zero-order valence-electron chi connectivity index (χ0n) is 27.7.